The molecule has 19 heavy (non-hydrogen) atoms. The van der Waals surface area contributed by atoms with Crippen molar-refractivity contribution in [3.05, 3.63) is 11.7 Å². The zero-order chi connectivity index (χ0) is 13.1. The van der Waals surface area contributed by atoms with Gasteiger partial charge in [0.15, 0.2) is 5.82 Å². The Hall–Kier alpha value is -0.940. The molecule has 0 radical (unpaired) electrons. The second-order valence-corrected chi connectivity index (χ2v) is 5.81. The first kappa shape index (κ1) is 13.1. The van der Waals surface area contributed by atoms with E-state index in [1.807, 2.05) is 0 Å². The highest BCUT2D eigenvalue weighted by Gasteiger charge is 2.29. The van der Waals surface area contributed by atoms with Crippen LogP contribution in [0.4, 0.5) is 0 Å². The standard InChI is InChI=1S/C14H23N3O2/c15-12-7-3-1-2-6-11(12)14-16-13(17-19-14)10-5-4-8-18-9-10/h10-12H,1-9,15H2. The molecule has 1 aliphatic carbocycles. The van der Waals surface area contributed by atoms with E-state index in [1.165, 1.54) is 19.3 Å². The maximum absolute atomic E-state index is 6.25. The molecule has 1 saturated carbocycles. The topological polar surface area (TPSA) is 74.2 Å². The molecule has 3 atom stereocenters. The molecule has 1 aliphatic heterocycles. The lowest BCUT2D eigenvalue weighted by Gasteiger charge is -2.19. The Morgan fingerprint density at radius 2 is 1.95 bits per heavy atom. The van der Waals surface area contributed by atoms with Crippen LogP contribution in [0.3, 0.4) is 0 Å². The maximum Gasteiger partial charge on any atom is 0.231 e. The highest BCUT2D eigenvalue weighted by molar-refractivity contribution is 5.03. The Labute approximate surface area is 113 Å². The highest BCUT2D eigenvalue weighted by atomic mass is 16.5. The van der Waals surface area contributed by atoms with E-state index >= 15 is 0 Å². The molecule has 0 amide bonds. The summed E-state index contributed by atoms with van der Waals surface area (Å²) in [6.07, 6.45) is 8.01. The Balaban J connectivity index is 1.72. The van der Waals surface area contributed by atoms with Gasteiger partial charge in [-0.1, -0.05) is 24.4 Å². The van der Waals surface area contributed by atoms with Gasteiger partial charge in [0.25, 0.3) is 0 Å². The van der Waals surface area contributed by atoms with Crippen molar-refractivity contribution < 1.29 is 9.26 Å². The maximum atomic E-state index is 6.25. The molecule has 2 fully saturated rings. The number of hydrogen-bond acceptors (Lipinski definition) is 5. The number of aromatic nitrogens is 2. The second-order valence-electron chi connectivity index (χ2n) is 5.81. The zero-order valence-electron chi connectivity index (χ0n) is 11.4. The summed E-state index contributed by atoms with van der Waals surface area (Å²) >= 11 is 0. The van der Waals surface area contributed by atoms with E-state index in [9.17, 15) is 0 Å². The van der Waals surface area contributed by atoms with E-state index in [2.05, 4.69) is 10.1 Å². The molecule has 0 bridgehead atoms. The molecule has 5 nitrogen and oxygen atoms in total. The number of hydrogen-bond donors (Lipinski definition) is 1. The number of ether oxygens (including phenoxy) is 1. The predicted molar refractivity (Wildman–Crippen MR) is 70.9 cm³/mol. The third-order valence-corrected chi connectivity index (χ3v) is 4.37. The summed E-state index contributed by atoms with van der Waals surface area (Å²) in [7, 11) is 0. The van der Waals surface area contributed by atoms with Crippen molar-refractivity contribution in [2.24, 2.45) is 5.73 Å². The van der Waals surface area contributed by atoms with Crippen molar-refractivity contribution in [2.45, 2.75) is 62.8 Å². The minimum absolute atomic E-state index is 0.165. The summed E-state index contributed by atoms with van der Waals surface area (Å²) in [5, 5.41) is 4.16. The van der Waals surface area contributed by atoms with E-state index in [1.54, 1.807) is 0 Å². The van der Waals surface area contributed by atoms with Crippen LogP contribution in [0, 0.1) is 0 Å². The quantitative estimate of drug-likeness (QED) is 0.831. The molecular weight excluding hydrogens is 242 g/mol. The van der Waals surface area contributed by atoms with Gasteiger partial charge in [-0.05, 0) is 25.7 Å². The van der Waals surface area contributed by atoms with Gasteiger partial charge < -0.3 is 15.0 Å². The van der Waals surface area contributed by atoms with Crippen LogP contribution in [0.15, 0.2) is 4.52 Å². The first-order chi connectivity index (χ1) is 9.34. The van der Waals surface area contributed by atoms with Crippen LogP contribution in [0.1, 0.15) is 68.5 Å². The number of rotatable bonds is 2. The smallest absolute Gasteiger partial charge is 0.231 e. The Morgan fingerprint density at radius 1 is 1.05 bits per heavy atom. The molecule has 1 saturated heterocycles. The molecule has 2 N–H and O–H groups in total. The molecule has 0 spiro atoms. The van der Waals surface area contributed by atoms with E-state index in [0.29, 0.717) is 5.92 Å². The molecule has 5 heteroatoms. The van der Waals surface area contributed by atoms with E-state index in [0.717, 1.165) is 50.6 Å². The molecule has 106 valence electrons. The Morgan fingerprint density at radius 3 is 2.79 bits per heavy atom. The summed E-state index contributed by atoms with van der Waals surface area (Å²) in [4.78, 5) is 4.61. The Bertz CT molecular complexity index is 401. The second kappa shape index (κ2) is 6.01. The van der Waals surface area contributed by atoms with Gasteiger partial charge in [-0.15, -0.1) is 0 Å². The van der Waals surface area contributed by atoms with Gasteiger partial charge in [-0.3, -0.25) is 0 Å². The van der Waals surface area contributed by atoms with Gasteiger partial charge in [0.2, 0.25) is 5.89 Å². The Kier molecular flexibility index (Phi) is 4.13. The predicted octanol–water partition coefficient (Wildman–Crippen LogP) is 2.34. The lowest BCUT2D eigenvalue weighted by molar-refractivity contribution is 0.0773. The fourth-order valence-electron chi connectivity index (χ4n) is 3.15. The summed E-state index contributed by atoms with van der Waals surface area (Å²) < 4.78 is 11.0. The zero-order valence-corrected chi connectivity index (χ0v) is 11.4. The van der Waals surface area contributed by atoms with Gasteiger partial charge in [0.1, 0.15) is 0 Å². The molecule has 0 aromatic carbocycles. The monoisotopic (exact) mass is 265 g/mol. The van der Waals surface area contributed by atoms with Crippen LogP contribution in [0.2, 0.25) is 0 Å². The highest BCUT2D eigenvalue weighted by Crippen LogP contribution is 2.31. The van der Waals surface area contributed by atoms with Crippen molar-refractivity contribution in [1.82, 2.24) is 10.1 Å². The lowest BCUT2D eigenvalue weighted by Crippen LogP contribution is -2.27. The number of nitrogens with zero attached hydrogens (tertiary/aromatic N) is 2. The molecule has 2 aliphatic rings. The van der Waals surface area contributed by atoms with Crippen LogP contribution in [0.25, 0.3) is 0 Å². The average Bonchev–Trinajstić information content (AvgIpc) is 2.83. The molecule has 3 rings (SSSR count). The summed E-state index contributed by atoms with van der Waals surface area (Å²) in [6.45, 7) is 1.57. The normalized spacial score (nSPS) is 33.0. The minimum Gasteiger partial charge on any atom is -0.381 e. The van der Waals surface area contributed by atoms with E-state index in [4.69, 9.17) is 15.0 Å². The van der Waals surface area contributed by atoms with Crippen LogP contribution < -0.4 is 5.73 Å². The third-order valence-electron chi connectivity index (χ3n) is 4.37. The fourth-order valence-corrected chi connectivity index (χ4v) is 3.15. The van der Waals surface area contributed by atoms with Crippen molar-refractivity contribution in [1.29, 1.82) is 0 Å². The van der Waals surface area contributed by atoms with Gasteiger partial charge in [0.05, 0.1) is 12.5 Å². The van der Waals surface area contributed by atoms with Gasteiger partial charge >= 0.3 is 0 Å². The van der Waals surface area contributed by atoms with Crippen molar-refractivity contribution in [2.75, 3.05) is 13.2 Å². The van der Waals surface area contributed by atoms with Gasteiger partial charge in [0, 0.05) is 18.6 Å². The summed E-state index contributed by atoms with van der Waals surface area (Å²) in [6, 6.07) is 0.165. The first-order valence-electron chi connectivity index (χ1n) is 7.51. The largest absolute Gasteiger partial charge is 0.381 e. The lowest BCUT2D eigenvalue weighted by atomic mass is 9.95. The average molecular weight is 265 g/mol. The van der Waals surface area contributed by atoms with Gasteiger partial charge in [-0.2, -0.15) is 4.98 Å². The van der Waals surface area contributed by atoms with Crippen LogP contribution in [0.5, 0.6) is 0 Å². The van der Waals surface area contributed by atoms with Crippen molar-refractivity contribution >= 4 is 0 Å². The summed E-state index contributed by atoms with van der Waals surface area (Å²) in [5.41, 5.74) is 6.25. The van der Waals surface area contributed by atoms with Crippen molar-refractivity contribution in [3.8, 4) is 0 Å². The van der Waals surface area contributed by atoms with Crippen LogP contribution in [-0.2, 0) is 4.74 Å². The fraction of sp³-hybridized carbons (Fsp3) is 0.857. The van der Waals surface area contributed by atoms with Crippen LogP contribution in [-0.4, -0.2) is 29.4 Å². The number of nitrogens with two attached hydrogens (primary N) is 1. The molecule has 1 aromatic heterocycles. The third kappa shape index (κ3) is 2.98. The van der Waals surface area contributed by atoms with Gasteiger partial charge in [-0.25, -0.2) is 0 Å². The summed E-state index contributed by atoms with van der Waals surface area (Å²) in [5.74, 6) is 2.10. The SMILES string of the molecule is NC1CCCCCC1c1nc(C2CCCOC2)no1. The van der Waals surface area contributed by atoms with E-state index < -0.39 is 0 Å². The molecule has 3 unspecified atom stereocenters. The molecular formula is C14H23N3O2. The van der Waals surface area contributed by atoms with Crippen molar-refractivity contribution in [3.63, 3.8) is 0 Å². The van der Waals surface area contributed by atoms with E-state index in [-0.39, 0.29) is 12.0 Å². The molecule has 2 heterocycles. The molecule has 1 aromatic rings. The van der Waals surface area contributed by atoms with Crippen LogP contribution >= 0.6 is 0 Å². The first-order valence-corrected chi connectivity index (χ1v) is 7.51. The minimum atomic E-state index is 0.165.